The average Bonchev–Trinajstić information content (AvgIpc) is 2.91. The third kappa shape index (κ3) is 6.85. The van der Waals surface area contributed by atoms with Crippen LogP contribution >= 0.6 is 0 Å². The van der Waals surface area contributed by atoms with Crippen LogP contribution in [0.3, 0.4) is 0 Å². The molecule has 6 heteroatoms. The zero-order valence-electron chi connectivity index (χ0n) is 21.7. The van der Waals surface area contributed by atoms with Gasteiger partial charge in [-0.2, -0.15) is 0 Å². The first-order chi connectivity index (χ1) is 18.0. The Morgan fingerprint density at radius 1 is 0.919 bits per heavy atom. The molecule has 1 aliphatic rings. The summed E-state index contributed by atoms with van der Waals surface area (Å²) in [5.41, 5.74) is 8.23. The minimum Gasteiger partial charge on any atom is -0.480 e. The summed E-state index contributed by atoms with van der Waals surface area (Å²) in [6.45, 7) is 3.43. The quantitative estimate of drug-likeness (QED) is 0.343. The highest BCUT2D eigenvalue weighted by Gasteiger charge is 2.22. The second kappa shape index (κ2) is 12.7. The minimum absolute atomic E-state index is 0.298. The summed E-state index contributed by atoms with van der Waals surface area (Å²) < 4.78 is 6.07. The molecule has 0 aliphatic heterocycles. The highest BCUT2D eigenvalue weighted by molar-refractivity contribution is 6.02. The van der Waals surface area contributed by atoms with Gasteiger partial charge in [0.15, 0.2) is 0 Å². The van der Waals surface area contributed by atoms with Crippen LogP contribution in [0.5, 0.6) is 0 Å². The number of rotatable bonds is 11. The number of aryl methyl sites for hydroxylation is 3. The monoisotopic (exact) mass is 500 g/mol. The molecule has 3 aromatic rings. The molecule has 0 heterocycles. The van der Waals surface area contributed by atoms with Crippen molar-refractivity contribution in [3.63, 3.8) is 0 Å². The predicted molar refractivity (Wildman–Crippen MR) is 146 cm³/mol. The Morgan fingerprint density at radius 3 is 2.35 bits per heavy atom. The molecular weight excluding hydrogens is 464 g/mol. The fourth-order valence-corrected chi connectivity index (χ4v) is 4.92. The molecule has 0 aromatic heterocycles. The van der Waals surface area contributed by atoms with Gasteiger partial charge in [-0.25, -0.2) is 4.79 Å². The van der Waals surface area contributed by atoms with Gasteiger partial charge < -0.3 is 20.5 Å². The summed E-state index contributed by atoms with van der Waals surface area (Å²) in [4.78, 5) is 24.9. The van der Waals surface area contributed by atoms with Crippen molar-refractivity contribution in [1.82, 2.24) is 10.6 Å². The zero-order chi connectivity index (χ0) is 26.2. The van der Waals surface area contributed by atoms with Gasteiger partial charge >= 0.3 is 5.97 Å². The van der Waals surface area contributed by atoms with E-state index in [1.165, 1.54) is 36.0 Å². The molecule has 0 fully saturated rings. The molecule has 0 bridgehead atoms. The Morgan fingerprint density at radius 2 is 1.62 bits per heavy atom. The number of nitrogens with one attached hydrogen (secondary N) is 2. The van der Waals surface area contributed by atoms with Crippen molar-refractivity contribution in [2.75, 3.05) is 13.6 Å². The molecular formula is C31H36N2O4. The van der Waals surface area contributed by atoms with Crippen molar-refractivity contribution < 1.29 is 19.4 Å². The van der Waals surface area contributed by atoms with Crippen LogP contribution < -0.4 is 10.6 Å². The summed E-state index contributed by atoms with van der Waals surface area (Å²) >= 11 is 0. The molecule has 0 saturated heterocycles. The second-order valence-corrected chi connectivity index (χ2v) is 9.75. The number of ether oxygens (including phenoxy) is 1. The van der Waals surface area contributed by atoms with E-state index in [1.54, 1.807) is 13.1 Å². The fraction of sp³-hybridized carbons (Fsp3) is 0.355. The Balaban J connectivity index is 1.52. The molecule has 0 radical (unpaired) electrons. The molecule has 1 unspecified atom stereocenters. The largest absolute Gasteiger partial charge is 0.480 e. The summed E-state index contributed by atoms with van der Waals surface area (Å²) in [6, 6.07) is 19.2. The van der Waals surface area contributed by atoms with Crippen molar-refractivity contribution in [2.45, 2.75) is 58.3 Å². The van der Waals surface area contributed by atoms with Crippen molar-refractivity contribution in [1.29, 1.82) is 0 Å². The van der Waals surface area contributed by atoms with E-state index in [-0.39, 0.29) is 0 Å². The van der Waals surface area contributed by atoms with E-state index in [0.29, 0.717) is 31.7 Å². The fourth-order valence-electron chi connectivity index (χ4n) is 4.92. The maximum atomic E-state index is 13.2. The molecule has 37 heavy (non-hydrogen) atoms. The SMILES string of the molecule is CNCCC(NC(=O)c1ccc(COCc2ccc3c(c2)CCCC3)cc1-c1ccccc1C)C(=O)O. The van der Waals surface area contributed by atoms with Gasteiger partial charge in [0, 0.05) is 5.56 Å². The maximum absolute atomic E-state index is 13.2. The third-order valence-electron chi connectivity index (χ3n) is 7.00. The van der Waals surface area contributed by atoms with Crippen molar-refractivity contribution in [2.24, 2.45) is 0 Å². The number of carbonyl (C=O) groups excluding carboxylic acids is 1. The number of carboxylic acids is 1. The zero-order valence-corrected chi connectivity index (χ0v) is 21.7. The first kappa shape index (κ1) is 26.6. The van der Waals surface area contributed by atoms with Gasteiger partial charge in [0.1, 0.15) is 6.04 Å². The molecule has 194 valence electrons. The van der Waals surface area contributed by atoms with Gasteiger partial charge in [0.2, 0.25) is 0 Å². The molecule has 4 rings (SSSR count). The number of amides is 1. The number of hydrogen-bond acceptors (Lipinski definition) is 4. The van der Waals surface area contributed by atoms with Gasteiger partial charge in [0.05, 0.1) is 13.2 Å². The molecule has 1 atom stereocenters. The minimum atomic E-state index is -1.05. The molecule has 3 N–H and O–H groups in total. The molecule has 1 amide bonds. The standard InChI is InChI=1S/C31H36N2O4/c1-21-7-3-6-10-26(21)28-18-23(12-14-27(28)30(34)33-29(31(35)36)15-16-32-2)20-37-19-22-11-13-24-8-4-5-9-25(24)17-22/h3,6-7,10-14,17-18,29,32H,4-5,8-9,15-16,19-20H2,1-2H3,(H,33,34)(H,35,36). The van der Waals surface area contributed by atoms with Crippen LogP contribution in [0.1, 0.15) is 57.4 Å². The summed E-state index contributed by atoms with van der Waals surface area (Å²) in [5.74, 6) is -1.45. The van der Waals surface area contributed by atoms with Crippen LogP contribution in [0.2, 0.25) is 0 Å². The van der Waals surface area contributed by atoms with E-state index < -0.39 is 17.9 Å². The molecule has 0 saturated carbocycles. The van der Waals surface area contributed by atoms with Gasteiger partial charge in [-0.3, -0.25) is 4.79 Å². The highest BCUT2D eigenvalue weighted by Crippen LogP contribution is 2.29. The Kier molecular flexibility index (Phi) is 9.09. The van der Waals surface area contributed by atoms with Crippen molar-refractivity contribution in [3.05, 3.63) is 94.0 Å². The Bertz CT molecular complexity index is 1250. The topological polar surface area (TPSA) is 87.7 Å². The number of aliphatic carboxylic acids is 1. The van der Waals surface area contributed by atoms with Crippen LogP contribution in [0.15, 0.2) is 60.7 Å². The number of carboxylic acid groups (broad SMARTS) is 1. The van der Waals surface area contributed by atoms with E-state index in [1.807, 2.05) is 43.3 Å². The third-order valence-corrected chi connectivity index (χ3v) is 7.00. The number of carbonyl (C=O) groups is 2. The van der Waals surface area contributed by atoms with E-state index in [4.69, 9.17) is 4.74 Å². The van der Waals surface area contributed by atoms with Crippen LogP contribution in [-0.4, -0.2) is 36.6 Å². The molecule has 0 spiro atoms. The lowest BCUT2D eigenvalue weighted by Gasteiger charge is -2.18. The van der Waals surface area contributed by atoms with E-state index >= 15 is 0 Å². The lowest BCUT2D eigenvalue weighted by Crippen LogP contribution is -2.42. The molecule has 6 nitrogen and oxygen atoms in total. The van der Waals surface area contributed by atoms with Crippen LogP contribution in [0.4, 0.5) is 0 Å². The van der Waals surface area contributed by atoms with E-state index in [0.717, 1.165) is 28.7 Å². The summed E-state index contributed by atoms with van der Waals surface area (Å²) in [7, 11) is 1.75. The Hall–Kier alpha value is -3.48. The lowest BCUT2D eigenvalue weighted by atomic mass is 9.90. The Labute approximate surface area is 219 Å². The van der Waals surface area contributed by atoms with E-state index in [2.05, 4.69) is 28.8 Å². The maximum Gasteiger partial charge on any atom is 0.326 e. The highest BCUT2D eigenvalue weighted by atomic mass is 16.5. The van der Waals surface area contributed by atoms with Crippen molar-refractivity contribution >= 4 is 11.9 Å². The predicted octanol–water partition coefficient (Wildman–Crippen LogP) is 5.05. The van der Waals surface area contributed by atoms with Crippen LogP contribution in [-0.2, 0) is 35.6 Å². The molecule has 1 aliphatic carbocycles. The van der Waals surface area contributed by atoms with Gasteiger partial charge in [0.25, 0.3) is 5.91 Å². The van der Waals surface area contributed by atoms with Crippen molar-refractivity contribution in [3.8, 4) is 11.1 Å². The normalized spacial score (nSPS) is 13.6. The number of benzene rings is 3. The number of fused-ring (bicyclic) bond motifs is 1. The molecule has 3 aromatic carbocycles. The first-order valence-corrected chi connectivity index (χ1v) is 13.0. The van der Waals surface area contributed by atoms with Crippen LogP contribution in [0.25, 0.3) is 11.1 Å². The second-order valence-electron chi connectivity index (χ2n) is 9.75. The number of hydrogen-bond donors (Lipinski definition) is 3. The summed E-state index contributed by atoms with van der Waals surface area (Å²) in [5, 5.41) is 15.2. The average molecular weight is 501 g/mol. The van der Waals surface area contributed by atoms with E-state index in [9.17, 15) is 14.7 Å². The van der Waals surface area contributed by atoms with Gasteiger partial charge in [-0.05, 0) is 104 Å². The lowest BCUT2D eigenvalue weighted by molar-refractivity contribution is -0.139. The summed E-state index contributed by atoms with van der Waals surface area (Å²) in [6.07, 6.45) is 5.13. The van der Waals surface area contributed by atoms with Crippen LogP contribution in [0, 0.1) is 6.92 Å². The smallest absolute Gasteiger partial charge is 0.326 e. The van der Waals surface area contributed by atoms with Gasteiger partial charge in [-0.15, -0.1) is 0 Å². The first-order valence-electron chi connectivity index (χ1n) is 13.0. The van der Waals surface area contributed by atoms with Gasteiger partial charge in [-0.1, -0.05) is 48.5 Å².